The Labute approximate surface area is 141 Å². The third kappa shape index (κ3) is 4.04. The molecule has 0 spiro atoms. The molecule has 1 saturated heterocycles. The summed E-state index contributed by atoms with van der Waals surface area (Å²) in [7, 11) is 3.40. The molecule has 3 amide bonds. The Morgan fingerprint density at radius 2 is 1.83 bits per heavy atom. The van der Waals surface area contributed by atoms with Crippen LogP contribution in [-0.4, -0.2) is 60.0 Å². The van der Waals surface area contributed by atoms with E-state index in [-0.39, 0.29) is 23.4 Å². The van der Waals surface area contributed by atoms with Crippen LogP contribution < -0.4 is 5.32 Å². The molecule has 1 aromatic carbocycles. The average molecular weight is 333 g/mol. The lowest BCUT2D eigenvalue weighted by Crippen LogP contribution is -2.45. The molecule has 0 aromatic heterocycles. The molecule has 1 aliphatic rings. The normalized spacial score (nSPS) is 15.0. The minimum atomic E-state index is -1.07. The molecule has 1 aliphatic heterocycles. The van der Waals surface area contributed by atoms with Gasteiger partial charge in [-0.15, -0.1) is 0 Å². The number of hydrogen-bond donors (Lipinski definition) is 2. The second-order valence-electron chi connectivity index (χ2n) is 6.28. The minimum Gasteiger partial charge on any atom is -0.478 e. The van der Waals surface area contributed by atoms with Gasteiger partial charge < -0.3 is 20.2 Å². The van der Waals surface area contributed by atoms with Crippen molar-refractivity contribution < 1.29 is 19.5 Å². The Morgan fingerprint density at radius 3 is 2.38 bits per heavy atom. The molecule has 0 aliphatic carbocycles. The topological polar surface area (TPSA) is 90.0 Å². The highest BCUT2D eigenvalue weighted by Crippen LogP contribution is 2.22. The van der Waals surface area contributed by atoms with Gasteiger partial charge in [0, 0.05) is 33.1 Å². The minimum absolute atomic E-state index is 0.0550. The van der Waals surface area contributed by atoms with Crippen LogP contribution in [0, 0.1) is 12.8 Å². The van der Waals surface area contributed by atoms with E-state index in [9.17, 15) is 19.5 Å². The number of rotatable bonds is 3. The van der Waals surface area contributed by atoms with Crippen LogP contribution in [0.2, 0.25) is 0 Å². The number of carbonyl (C=O) groups is 3. The Balaban J connectivity index is 2.00. The van der Waals surface area contributed by atoms with Crippen molar-refractivity contribution in [3.63, 3.8) is 0 Å². The number of aromatic carboxylic acids is 1. The standard InChI is InChI=1S/C17H23N3O4/c1-11-4-5-14(13(10-11)16(22)23)18-15(21)12-6-8-20(9-7-12)17(24)19(2)3/h4-5,10,12H,6-9H2,1-3H3,(H,18,21)(H,22,23). The van der Waals surface area contributed by atoms with Gasteiger partial charge in [0.05, 0.1) is 11.3 Å². The van der Waals surface area contributed by atoms with Gasteiger partial charge in [-0.3, -0.25) is 4.79 Å². The molecular formula is C17H23N3O4. The van der Waals surface area contributed by atoms with Crippen LogP contribution in [0.15, 0.2) is 18.2 Å². The predicted octanol–water partition coefficient (Wildman–Crippen LogP) is 2.03. The number of carbonyl (C=O) groups excluding carboxylic acids is 2. The SMILES string of the molecule is Cc1ccc(NC(=O)C2CCN(C(=O)N(C)C)CC2)c(C(=O)O)c1. The van der Waals surface area contributed by atoms with Gasteiger partial charge in [-0.05, 0) is 31.9 Å². The lowest BCUT2D eigenvalue weighted by molar-refractivity contribution is -0.121. The summed E-state index contributed by atoms with van der Waals surface area (Å²) < 4.78 is 0. The number of piperidine rings is 1. The van der Waals surface area contributed by atoms with E-state index in [2.05, 4.69) is 5.32 Å². The maximum atomic E-state index is 12.4. The van der Waals surface area contributed by atoms with Crippen molar-refractivity contribution >= 4 is 23.6 Å². The van der Waals surface area contributed by atoms with Crippen LogP contribution >= 0.6 is 0 Å². The first-order chi connectivity index (χ1) is 11.3. The maximum absolute atomic E-state index is 12.4. The van der Waals surface area contributed by atoms with Crippen molar-refractivity contribution in [3.8, 4) is 0 Å². The van der Waals surface area contributed by atoms with E-state index >= 15 is 0 Å². The van der Waals surface area contributed by atoms with Gasteiger partial charge in [-0.25, -0.2) is 9.59 Å². The van der Waals surface area contributed by atoms with Crippen molar-refractivity contribution in [1.82, 2.24) is 9.80 Å². The molecule has 7 heteroatoms. The largest absolute Gasteiger partial charge is 0.478 e. The molecule has 2 N–H and O–H groups in total. The number of amides is 3. The van der Waals surface area contributed by atoms with Crippen LogP contribution in [0.1, 0.15) is 28.8 Å². The summed E-state index contributed by atoms with van der Waals surface area (Å²) in [5.41, 5.74) is 1.22. The Bertz CT molecular complexity index is 649. The number of hydrogen-bond acceptors (Lipinski definition) is 3. The molecule has 0 saturated carbocycles. The molecule has 0 unspecified atom stereocenters. The van der Waals surface area contributed by atoms with Gasteiger partial charge in [0.1, 0.15) is 0 Å². The molecule has 130 valence electrons. The zero-order chi connectivity index (χ0) is 17.9. The van der Waals surface area contributed by atoms with E-state index in [4.69, 9.17) is 0 Å². The van der Waals surface area contributed by atoms with E-state index in [1.54, 1.807) is 38.1 Å². The predicted molar refractivity (Wildman–Crippen MR) is 90.1 cm³/mol. The maximum Gasteiger partial charge on any atom is 0.337 e. The summed E-state index contributed by atoms with van der Waals surface area (Å²) in [6.45, 7) is 2.85. The van der Waals surface area contributed by atoms with Gasteiger partial charge in [0.15, 0.2) is 0 Å². The monoisotopic (exact) mass is 333 g/mol. The molecule has 1 aromatic rings. The second-order valence-corrected chi connectivity index (χ2v) is 6.28. The lowest BCUT2D eigenvalue weighted by atomic mass is 9.95. The fourth-order valence-electron chi connectivity index (χ4n) is 2.79. The van der Waals surface area contributed by atoms with E-state index < -0.39 is 5.97 Å². The molecular weight excluding hydrogens is 310 g/mol. The highest BCUT2D eigenvalue weighted by Gasteiger charge is 2.28. The molecule has 2 rings (SSSR count). The van der Waals surface area contributed by atoms with Crippen LogP contribution in [0.5, 0.6) is 0 Å². The fraction of sp³-hybridized carbons (Fsp3) is 0.471. The fourth-order valence-corrected chi connectivity index (χ4v) is 2.79. The molecule has 7 nitrogen and oxygen atoms in total. The van der Waals surface area contributed by atoms with Crippen molar-refractivity contribution in [3.05, 3.63) is 29.3 Å². The Hall–Kier alpha value is -2.57. The number of urea groups is 1. The van der Waals surface area contributed by atoms with Gasteiger partial charge in [-0.2, -0.15) is 0 Å². The molecule has 0 atom stereocenters. The first-order valence-corrected chi connectivity index (χ1v) is 7.90. The van der Waals surface area contributed by atoms with E-state index in [1.165, 1.54) is 11.0 Å². The summed E-state index contributed by atoms with van der Waals surface area (Å²) in [6.07, 6.45) is 1.14. The summed E-state index contributed by atoms with van der Waals surface area (Å²) >= 11 is 0. The molecule has 1 heterocycles. The number of anilines is 1. The van der Waals surface area contributed by atoms with Crippen LogP contribution in [0.3, 0.4) is 0 Å². The number of benzene rings is 1. The molecule has 0 bridgehead atoms. The zero-order valence-corrected chi connectivity index (χ0v) is 14.2. The smallest absolute Gasteiger partial charge is 0.337 e. The third-order valence-electron chi connectivity index (χ3n) is 4.18. The Kier molecular flexibility index (Phi) is 5.43. The Morgan fingerprint density at radius 1 is 1.21 bits per heavy atom. The molecule has 0 radical (unpaired) electrons. The quantitative estimate of drug-likeness (QED) is 0.885. The first kappa shape index (κ1) is 17.8. The van der Waals surface area contributed by atoms with Crippen molar-refractivity contribution in [2.45, 2.75) is 19.8 Å². The van der Waals surface area contributed by atoms with Crippen molar-refractivity contribution in [1.29, 1.82) is 0 Å². The number of nitrogens with one attached hydrogen (secondary N) is 1. The summed E-state index contributed by atoms with van der Waals surface area (Å²) in [5.74, 6) is -1.49. The lowest BCUT2D eigenvalue weighted by Gasteiger charge is -2.33. The highest BCUT2D eigenvalue weighted by molar-refractivity contribution is 6.01. The summed E-state index contributed by atoms with van der Waals surface area (Å²) in [5, 5.41) is 12.0. The third-order valence-corrected chi connectivity index (χ3v) is 4.18. The number of nitrogens with zero attached hydrogens (tertiary/aromatic N) is 2. The van der Waals surface area contributed by atoms with Crippen LogP contribution in [0.4, 0.5) is 10.5 Å². The van der Waals surface area contributed by atoms with E-state index in [0.717, 1.165) is 5.56 Å². The van der Waals surface area contributed by atoms with Crippen molar-refractivity contribution in [2.75, 3.05) is 32.5 Å². The average Bonchev–Trinajstić information content (AvgIpc) is 2.55. The first-order valence-electron chi connectivity index (χ1n) is 7.90. The number of aryl methyl sites for hydroxylation is 1. The number of likely N-dealkylation sites (tertiary alicyclic amines) is 1. The zero-order valence-electron chi connectivity index (χ0n) is 14.2. The number of carboxylic acid groups (broad SMARTS) is 1. The van der Waals surface area contributed by atoms with Crippen LogP contribution in [0.25, 0.3) is 0 Å². The van der Waals surface area contributed by atoms with E-state index in [0.29, 0.717) is 31.6 Å². The number of carboxylic acids is 1. The molecule has 1 fully saturated rings. The van der Waals surface area contributed by atoms with Gasteiger partial charge in [0.2, 0.25) is 5.91 Å². The van der Waals surface area contributed by atoms with Crippen LogP contribution in [-0.2, 0) is 4.79 Å². The van der Waals surface area contributed by atoms with Gasteiger partial charge in [0.25, 0.3) is 0 Å². The van der Waals surface area contributed by atoms with Gasteiger partial charge in [-0.1, -0.05) is 11.6 Å². The summed E-state index contributed by atoms with van der Waals surface area (Å²) in [4.78, 5) is 38.9. The van der Waals surface area contributed by atoms with Crippen molar-refractivity contribution in [2.24, 2.45) is 5.92 Å². The second kappa shape index (κ2) is 7.33. The van der Waals surface area contributed by atoms with Gasteiger partial charge >= 0.3 is 12.0 Å². The molecule has 24 heavy (non-hydrogen) atoms. The summed E-state index contributed by atoms with van der Waals surface area (Å²) in [6, 6.07) is 4.86. The highest BCUT2D eigenvalue weighted by atomic mass is 16.4. The van der Waals surface area contributed by atoms with E-state index in [1.807, 2.05) is 0 Å².